The smallest absolute Gasteiger partial charge is 0.395 e. The molecule has 1 rings (SSSR count). The van der Waals surface area contributed by atoms with Gasteiger partial charge in [-0.05, 0) is 25.8 Å². The number of aliphatic hydroxyl groups is 1. The number of nitrogens with zero attached hydrogens (tertiary/aromatic N) is 1. The van der Waals surface area contributed by atoms with E-state index in [1.165, 1.54) is 4.90 Å². The molecule has 1 aromatic rings. The highest BCUT2D eigenvalue weighted by atomic mass is 19.4. The van der Waals surface area contributed by atoms with Gasteiger partial charge in [-0.3, -0.25) is 4.90 Å². The second-order valence-electron chi connectivity index (χ2n) is 5.43. The van der Waals surface area contributed by atoms with Crippen molar-refractivity contribution in [3.8, 4) is 0 Å². The van der Waals surface area contributed by atoms with Crippen LogP contribution in [0.1, 0.15) is 29.2 Å². The molecule has 1 unspecified atom stereocenters. The van der Waals surface area contributed by atoms with E-state index in [4.69, 9.17) is 10.8 Å². The van der Waals surface area contributed by atoms with Gasteiger partial charge in [0.25, 0.3) is 0 Å². The average Bonchev–Trinajstić information content (AvgIpc) is 2.33. The topological polar surface area (TPSA) is 49.5 Å². The van der Waals surface area contributed by atoms with Crippen LogP contribution in [0.15, 0.2) is 18.2 Å². The molecule has 0 saturated heterocycles. The molecule has 0 amide bonds. The zero-order valence-corrected chi connectivity index (χ0v) is 12.5. The normalized spacial score (nSPS) is 13.7. The lowest BCUT2D eigenvalue weighted by molar-refractivity contribution is -0.146. The van der Waals surface area contributed by atoms with Crippen LogP contribution in [0, 0.1) is 13.8 Å². The van der Waals surface area contributed by atoms with E-state index in [-0.39, 0.29) is 25.7 Å². The van der Waals surface area contributed by atoms with Crippen LogP contribution in [0.2, 0.25) is 0 Å². The third-order valence-electron chi connectivity index (χ3n) is 3.25. The van der Waals surface area contributed by atoms with Gasteiger partial charge in [0.15, 0.2) is 0 Å². The lowest BCUT2D eigenvalue weighted by atomic mass is 9.99. The maximum Gasteiger partial charge on any atom is 0.401 e. The number of halogens is 3. The molecular weight excluding hydrogens is 281 g/mol. The summed E-state index contributed by atoms with van der Waals surface area (Å²) in [6.45, 7) is 2.81. The van der Waals surface area contributed by atoms with Gasteiger partial charge in [0.05, 0.1) is 13.2 Å². The Morgan fingerprint density at radius 2 is 1.71 bits per heavy atom. The zero-order chi connectivity index (χ0) is 16.0. The number of benzene rings is 1. The van der Waals surface area contributed by atoms with E-state index in [1.54, 1.807) is 0 Å². The molecule has 3 nitrogen and oxygen atoms in total. The molecule has 6 heteroatoms. The summed E-state index contributed by atoms with van der Waals surface area (Å²) in [5.74, 6) is 0. The molecule has 0 saturated carbocycles. The summed E-state index contributed by atoms with van der Waals surface area (Å²) in [6.07, 6.45) is -3.85. The first-order valence-corrected chi connectivity index (χ1v) is 6.95. The van der Waals surface area contributed by atoms with E-state index in [0.717, 1.165) is 16.7 Å². The van der Waals surface area contributed by atoms with Gasteiger partial charge in [-0.2, -0.15) is 13.2 Å². The molecule has 0 aliphatic heterocycles. The van der Waals surface area contributed by atoms with Gasteiger partial charge < -0.3 is 10.8 Å². The Bertz CT molecular complexity index is 429. The van der Waals surface area contributed by atoms with Crippen LogP contribution >= 0.6 is 0 Å². The Balaban J connectivity index is 2.61. The molecule has 0 spiro atoms. The van der Waals surface area contributed by atoms with Crippen LogP contribution in [0.25, 0.3) is 0 Å². The predicted molar refractivity (Wildman–Crippen MR) is 77.0 cm³/mol. The second kappa shape index (κ2) is 7.77. The largest absolute Gasteiger partial charge is 0.401 e. The highest BCUT2D eigenvalue weighted by Gasteiger charge is 2.30. The molecule has 0 radical (unpaired) electrons. The van der Waals surface area contributed by atoms with E-state index in [2.05, 4.69) is 0 Å². The van der Waals surface area contributed by atoms with Crippen molar-refractivity contribution in [2.75, 3.05) is 26.2 Å². The minimum absolute atomic E-state index is 0.000917. The average molecular weight is 304 g/mol. The maximum absolute atomic E-state index is 12.4. The molecule has 0 heterocycles. The van der Waals surface area contributed by atoms with Crippen molar-refractivity contribution in [2.45, 2.75) is 32.5 Å². The molecule has 0 aliphatic rings. The highest BCUT2D eigenvalue weighted by Crippen LogP contribution is 2.20. The van der Waals surface area contributed by atoms with Gasteiger partial charge in [0.1, 0.15) is 0 Å². The minimum atomic E-state index is -4.26. The van der Waals surface area contributed by atoms with E-state index in [0.29, 0.717) is 6.42 Å². The monoisotopic (exact) mass is 304 g/mol. The van der Waals surface area contributed by atoms with Crippen LogP contribution in [0.4, 0.5) is 13.2 Å². The van der Waals surface area contributed by atoms with Crippen molar-refractivity contribution in [3.63, 3.8) is 0 Å². The number of hydrogen-bond donors (Lipinski definition) is 2. The van der Waals surface area contributed by atoms with Crippen molar-refractivity contribution >= 4 is 0 Å². The number of hydrogen-bond acceptors (Lipinski definition) is 3. The summed E-state index contributed by atoms with van der Waals surface area (Å²) in [6, 6.07) is 5.63. The Morgan fingerprint density at radius 1 is 1.14 bits per heavy atom. The quantitative estimate of drug-likeness (QED) is 0.814. The molecule has 0 aliphatic carbocycles. The van der Waals surface area contributed by atoms with Crippen LogP contribution in [-0.2, 0) is 0 Å². The first-order valence-electron chi connectivity index (χ1n) is 6.95. The fourth-order valence-corrected chi connectivity index (χ4v) is 2.38. The second-order valence-corrected chi connectivity index (χ2v) is 5.43. The molecule has 3 N–H and O–H groups in total. The predicted octanol–water partition coefficient (Wildman–Crippen LogP) is 2.55. The third kappa shape index (κ3) is 6.93. The van der Waals surface area contributed by atoms with Gasteiger partial charge in [0.2, 0.25) is 0 Å². The van der Waals surface area contributed by atoms with E-state index >= 15 is 0 Å². The first-order chi connectivity index (χ1) is 9.71. The zero-order valence-electron chi connectivity index (χ0n) is 12.5. The molecule has 120 valence electrons. The van der Waals surface area contributed by atoms with Crippen molar-refractivity contribution in [1.82, 2.24) is 4.90 Å². The lowest BCUT2D eigenvalue weighted by Crippen LogP contribution is -2.37. The van der Waals surface area contributed by atoms with Gasteiger partial charge in [-0.15, -0.1) is 0 Å². The van der Waals surface area contributed by atoms with Crippen molar-refractivity contribution < 1.29 is 18.3 Å². The molecule has 1 atom stereocenters. The standard InChI is InChI=1S/C15H23F3N2O/c1-11-7-12(2)9-13(8-11)14(19)3-4-20(5-6-21)10-15(16,17)18/h7-9,14,21H,3-6,10,19H2,1-2H3. The number of alkyl halides is 3. The fourth-order valence-electron chi connectivity index (χ4n) is 2.38. The number of nitrogens with two attached hydrogens (primary N) is 1. The number of rotatable bonds is 7. The van der Waals surface area contributed by atoms with Crippen molar-refractivity contribution in [3.05, 3.63) is 34.9 Å². The Hall–Kier alpha value is -1.11. The maximum atomic E-state index is 12.4. The number of aliphatic hydroxyl groups excluding tert-OH is 1. The summed E-state index contributed by atoms with van der Waals surface area (Å²) < 4.78 is 37.3. The van der Waals surface area contributed by atoms with E-state index < -0.39 is 12.7 Å². The summed E-state index contributed by atoms with van der Waals surface area (Å²) >= 11 is 0. The van der Waals surface area contributed by atoms with Gasteiger partial charge in [-0.1, -0.05) is 29.3 Å². The Labute approximate surface area is 123 Å². The third-order valence-corrected chi connectivity index (χ3v) is 3.25. The SMILES string of the molecule is Cc1cc(C)cc(C(N)CCN(CCO)CC(F)(F)F)c1. The van der Waals surface area contributed by atoms with Crippen LogP contribution in [0.5, 0.6) is 0 Å². The van der Waals surface area contributed by atoms with E-state index in [9.17, 15) is 13.2 Å². The first kappa shape index (κ1) is 17.9. The van der Waals surface area contributed by atoms with Gasteiger partial charge in [-0.25, -0.2) is 0 Å². The van der Waals surface area contributed by atoms with Crippen molar-refractivity contribution in [1.29, 1.82) is 0 Å². The molecule has 21 heavy (non-hydrogen) atoms. The van der Waals surface area contributed by atoms with Crippen molar-refractivity contribution in [2.24, 2.45) is 5.73 Å². The van der Waals surface area contributed by atoms with Crippen LogP contribution < -0.4 is 5.73 Å². The summed E-state index contributed by atoms with van der Waals surface area (Å²) in [7, 11) is 0. The Morgan fingerprint density at radius 3 is 2.19 bits per heavy atom. The molecule has 0 fully saturated rings. The Kier molecular flexibility index (Phi) is 6.64. The minimum Gasteiger partial charge on any atom is -0.395 e. The molecule has 0 bridgehead atoms. The van der Waals surface area contributed by atoms with E-state index in [1.807, 2.05) is 32.0 Å². The van der Waals surface area contributed by atoms with Crippen LogP contribution in [0.3, 0.4) is 0 Å². The highest BCUT2D eigenvalue weighted by molar-refractivity contribution is 5.30. The molecular formula is C15H23F3N2O. The molecule has 0 aromatic heterocycles. The van der Waals surface area contributed by atoms with Crippen LogP contribution in [-0.4, -0.2) is 42.4 Å². The lowest BCUT2D eigenvalue weighted by Gasteiger charge is -2.24. The fraction of sp³-hybridized carbons (Fsp3) is 0.600. The molecule has 1 aromatic carbocycles. The van der Waals surface area contributed by atoms with Gasteiger partial charge in [0, 0.05) is 19.1 Å². The number of aryl methyl sites for hydroxylation is 2. The van der Waals surface area contributed by atoms with Gasteiger partial charge >= 0.3 is 6.18 Å². The summed E-state index contributed by atoms with van der Waals surface area (Å²) in [5, 5.41) is 8.85. The summed E-state index contributed by atoms with van der Waals surface area (Å²) in [5.41, 5.74) is 9.18. The summed E-state index contributed by atoms with van der Waals surface area (Å²) in [4.78, 5) is 1.18.